The lowest BCUT2D eigenvalue weighted by molar-refractivity contribution is -0.131. The number of hydrogen-bond donors (Lipinski definition) is 1. The minimum atomic E-state index is -0.735. The van der Waals surface area contributed by atoms with Crippen molar-refractivity contribution in [3.63, 3.8) is 0 Å². The second-order valence-corrected chi connectivity index (χ2v) is 6.58. The molecule has 1 N–H and O–H groups in total. The number of aromatic nitrogens is 1. The Kier molecular flexibility index (Phi) is 4.60. The van der Waals surface area contributed by atoms with Gasteiger partial charge in [-0.1, -0.05) is 0 Å². The molecule has 0 saturated heterocycles. The molecular weight excluding hydrogens is 359 g/mol. The van der Waals surface area contributed by atoms with Crippen molar-refractivity contribution >= 4 is 39.1 Å². The lowest BCUT2D eigenvalue weighted by Gasteiger charge is -2.13. The molecule has 6 nitrogen and oxygen atoms in total. The zero-order chi connectivity index (χ0) is 19.0. The quantitative estimate of drug-likeness (QED) is 0.714. The molecule has 0 bridgehead atoms. The highest BCUT2D eigenvalue weighted by Crippen LogP contribution is 2.34. The van der Waals surface area contributed by atoms with Crippen LogP contribution in [-0.2, 0) is 11.8 Å². The molecule has 0 fully saturated rings. The summed E-state index contributed by atoms with van der Waals surface area (Å²) in [6.45, 7) is 3.00. The second-order valence-electron chi connectivity index (χ2n) is 5.72. The van der Waals surface area contributed by atoms with E-state index in [2.05, 4.69) is 5.32 Å². The molecule has 0 aliphatic rings. The Balaban J connectivity index is 2.19. The maximum atomic E-state index is 13.0. The molecule has 0 unspecified atom stereocenters. The first-order chi connectivity index (χ1) is 12.3. The zero-order valence-corrected chi connectivity index (χ0v) is 15.1. The largest absolute Gasteiger partial charge is 0.425 e. The van der Waals surface area contributed by atoms with E-state index in [1.807, 2.05) is 5.38 Å². The maximum Gasteiger partial charge on any atom is 0.308 e. The number of rotatable bonds is 3. The fraction of sp³-hybridized carbons (Fsp3) is 0.167. The number of hydrogen-bond acceptors (Lipinski definition) is 5. The van der Waals surface area contributed by atoms with Gasteiger partial charge in [-0.2, -0.15) is 0 Å². The van der Waals surface area contributed by atoms with E-state index >= 15 is 0 Å². The third-order valence-electron chi connectivity index (χ3n) is 3.81. The van der Waals surface area contributed by atoms with Crippen molar-refractivity contribution in [2.45, 2.75) is 13.8 Å². The number of amides is 1. The first-order valence-electron chi connectivity index (χ1n) is 7.65. The number of benzene rings is 1. The predicted molar refractivity (Wildman–Crippen MR) is 97.5 cm³/mol. The van der Waals surface area contributed by atoms with Crippen molar-refractivity contribution in [1.29, 1.82) is 0 Å². The summed E-state index contributed by atoms with van der Waals surface area (Å²) in [5, 5.41) is 4.89. The molecule has 0 radical (unpaired) electrons. The number of esters is 1. The third kappa shape index (κ3) is 3.11. The van der Waals surface area contributed by atoms with Crippen LogP contribution < -0.4 is 15.6 Å². The van der Waals surface area contributed by atoms with Crippen LogP contribution in [0.15, 0.2) is 34.4 Å². The standard InChI is InChI=1S/C18H15FN2O4S/c1-9-8-26-18-13(9)15(25-10(2)22)14(17(24)21(18)3)16(23)20-12-6-4-11(19)5-7-12/h4-8H,1-3H3,(H,20,23). The van der Waals surface area contributed by atoms with Gasteiger partial charge >= 0.3 is 5.97 Å². The van der Waals surface area contributed by atoms with Crippen LogP contribution in [0.1, 0.15) is 22.8 Å². The third-order valence-corrected chi connectivity index (χ3v) is 4.98. The van der Waals surface area contributed by atoms with Gasteiger partial charge in [-0.15, -0.1) is 11.3 Å². The SMILES string of the molecule is CC(=O)Oc1c(C(=O)Nc2ccc(F)cc2)c(=O)n(C)c2scc(C)c12. The Labute approximate surface area is 151 Å². The fourth-order valence-electron chi connectivity index (χ4n) is 2.61. The first kappa shape index (κ1) is 17.8. The summed E-state index contributed by atoms with van der Waals surface area (Å²) in [7, 11) is 1.55. The van der Waals surface area contributed by atoms with Crippen LogP contribution in [-0.4, -0.2) is 16.4 Å². The molecule has 8 heteroatoms. The molecule has 0 aliphatic carbocycles. The number of nitrogens with zero attached hydrogens (tertiary/aromatic N) is 1. The highest BCUT2D eigenvalue weighted by Gasteiger charge is 2.26. The Morgan fingerprint density at radius 3 is 2.50 bits per heavy atom. The molecule has 1 amide bonds. The van der Waals surface area contributed by atoms with Gasteiger partial charge in [0.15, 0.2) is 5.75 Å². The number of carbonyl (C=O) groups is 2. The van der Waals surface area contributed by atoms with E-state index in [0.717, 1.165) is 5.56 Å². The van der Waals surface area contributed by atoms with E-state index in [1.54, 1.807) is 14.0 Å². The molecule has 2 heterocycles. The molecule has 3 rings (SSSR count). The molecule has 3 aromatic rings. The minimum absolute atomic E-state index is 0.0611. The normalized spacial score (nSPS) is 10.8. The van der Waals surface area contributed by atoms with Gasteiger partial charge in [0.05, 0.1) is 5.39 Å². The second kappa shape index (κ2) is 6.72. The molecule has 0 saturated carbocycles. The summed E-state index contributed by atoms with van der Waals surface area (Å²) in [6.07, 6.45) is 0. The van der Waals surface area contributed by atoms with Gasteiger partial charge in [-0.3, -0.25) is 14.4 Å². The van der Waals surface area contributed by atoms with Crippen LogP contribution in [0.25, 0.3) is 10.2 Å². The van der Waals surface area contributed by atoms with Crippen molar-refractivity contribution in [2.24, 2.45) is 7.05 Å². The van der Waals surface area contributed by atoms with E-state index < -0.39 is 23.3 Å². The van der Waals surface area contributed by atoms with Crippen LogP contribution in [0.4, 0.5) is 10.1 Å². The number of fused-ring (bicyclic) bond motifs is 1. The zero-order valence-electron chi connectivity index (χ0n) is 14.3. The molecule has 0 aliphatic heterocycles. The van der Waals surface area contributed by atoms with Crippen molar-refractivity contribution in [3.8, 4) is 5.75 Å². The molecule has 26 heavy (non-hydrogen) atoms. The average Bonchev–Trinajstić information content (AvgIpc) is 2.96. The Morgan fingerprint density at radius 2 is 1.88 bits per heavy atom. The highest BCUT2D eigenvalue weighted by molar-refractivity contribution is 7.17. The summed E-state index contributed by atoms with van der Waals surface area (Å²) in [4.78, 5) is 37.6. The van der Waals surface area contributed by atoms with Gasteiger partial charge in [-0.05, 0) is 42.1 Å². The van der Waals surface area contributed by atoms with E-state index in [1.165, 1.54) is 47.1 Å². The predicted octanol–water partition coefficient (Wildman–Crippen LogP) is 3.23. The first-order valence-corrected chi connectivity index (χ1v) is 8.53. The van der Waals surface area contributed by atoms with Crippen LogP contribution >= 0.6 is 11.3 Å². The van der Waals surface area contributed by atoms with Gasteiger partial charge in [0, 0.05) is 19.7 Å². The monoisotopic (exact) mass is 374 g/mol. The molecular formula is C18H15FN2O4S. The Bertz CT molecular complexity index is 1080. The number of ether oxygens (including phenoxy) is 1. The van der Waals surface area contributed by atoms with Crippen LogP contribution in [0, 0.1) is 12.7 Å². The van der Waals surface area contributed by atoms with E-state index in [4.69, 9.17) is 4.74 Å². The molecule has 0 spiro atoms. The van der Waals surface area contributed by atoms with Crippen LogP contribution in [0.3, 0.4) is 0 Å². The number of anilines is 1. The topological polar surface area (TPSA) is 77.4 Å². The van der Waals surface area contributed by atoms with Gasteiger partial charge in [0.25, 0.3) is 11.5 Å². The Hall–Kier alpha value is -3.00. The van der Waals surface area contributed by atoms with Gasteiger partial charge in [0.1, 0.15) is 16.2 Å². The number of carbonyl (C=O) groups excluding carboxylic acids is 2. The molecule has 134 valence electrons. The van der Waals surface area contributed by atoms with E-state index in [0.29, 0.717) is 15.9 Å². The Morgan fingerprint density at radius 1 is 1.23 bits per heavy atom. The maximum absolute atomic E-state index is 13.0. The molecule has 2 aromatic heterocycles. The molecule has 0 atom stereocenters. The van der Waals surface area contributed by atoms with Gasteiger partial charge in [-0.25, -0.2) is 4.39 Å². The number of pyridine rings is 1. The number of halogens is 1. The lowest BCUT2D eigenvalue weighted by atomic mass is 10.1. The van der Waals surface area contributed by atoms with Crippen molar-refractivity contribution in [3.05, 3.63) is 56.9 Å². The fourth-order valence-corrected chi connectivity index (χ4v) is 3.63. The summed E-state index contributed by atoms with van der Waals surface area (Å²) in [5.74, 6) is -1.88. The number of aryl methyl sites for hydroxylation is 2. The van der Waals surface area contributed by atoms with Crippen LogP contribution in [0.2, 0.25) is 0 Å². The summed E-state index contributed by atoms with van der Waals surface area (Å²) in [6, 6.07) is 5.12. The number of thiophene rings is 1. The van der Waals surface area contributed by atoms with Crippen molar-refractivity contribution in [2.75, 3.05) is 5.32 Å². The van der Waals surface area contributed by atoms with Crippen molar-refractivity contribution < 1.29 is 18.7 Å². The summed E-state index contributed by atoms with van der Waals surface area (Å²) in [5.41, 5.74) is 0.235. The number of nitrogens with one attached hydrogen (secondary N) is 1. The van der Waals surface area contributed by atoms with E-state index in [9.17, 15) is 18.8 Å². The van der Waals surface area contributed by atoms with Gasteiger partial charge in [0.2, 0.25) is 0 Å². The summed E-state index contributed by atoms with van der Waals surface area (Å²) < 4.78 is 19.6. The highest BCUT2D eigenvalue weighted by atomic mass is 32.1. The average molecular weight is 374 g/mol. The van der Waals surface area contributed by atoms with Crippen molar-refractivity contribution in [1.82, 2.24) is 4.57 Å². The van der Waals surface area contributed by atoms with Crippen LogP contribution in [0.5, 0.6) is 5.75 Å². The van der Waals surface area contributed by atoms with Gasteiger partial charge < -0.3 is 14.6 Å². The van der Waals surface area contributed by atoms with E-state index in [-0.39, 0.29) is 11.3 Å². The summed E-state index contributed by atoms with van der Waals surface area (Å²) >= 11 is 1.32. The lowest BCUT2D eigenvalue weighted by Crippen LogP contribution is -2.29. The minimum Gasteiger partial charge on any atom is -0.425 e. The smallest absolute Gasteiger partial charge is 0.308 e. The molecule has 1 aromatic carbocycles.